The summed E-state index contributed by atoms with van der Waals surface area (Å²) in [6, 6.07) is 1.38. The van der Waals surface area contributed by atoms with Crippen molar-refractivity contribution in [1.82, 2.24) is 29.4 Å². The molecule has 68 heavy (non-hydrogen) atoms. The van der Waals surface area contributed by atoms with Gasteiger partial charge in [0.2, 0.25) is 0 Å². The fraction of sp³-hybridized carbons (Fsp3) is 0.875. The van der Waals surface area contributed by atoms with Gasteiger partial charge in [-0.2, -0.15) is 42.3 Å². The first-order chi connectivity index (χ1) is 31.7. The molecule has 0 saturated carbocycles. The van der Waals surface area contributed by atoms with Gasteiger partial charge in [0.1, 0.15) is 13.3 Å². The first-order valence-corrected chi connectivity index (χ1v) is 25.2. The number of quaternary nitrogens is 6. The fourth-order valence-corrected chi connectivity index (χ4v) is 8.50. The van der Waals surface area contributed by atoms with Crippen molar-refractivity contribution >= 4 is 0 Å². The molecule has 6 heterocycles. The second kappa shape index (κ2) is 33.6. The van der Waals surface area contributed by atoms with Crippen molar-refractivity contribution < 1.29 is 64.5 Å². The topological polar surface area (TPSA) is 46.1 Å². The molecule has 6 aliphatic heterocycles. The SMILES string of the molecule is [CH2-][NH+]1CCN(C(C)(C)CF)CC1.[CH2-][NH+]1CCN(CC(C)(F)F)CC1.[CH2-][NH+]1CCN(CC(F)(F)CC)CC1.[CH2-][NH+]1CCN(CC(F)F)CC1.[CH2-][NH+]1CCN(CCF)CC1.[CH2-][NH+]1C[C@@H](C)N(C)[C@@H](C)C1. The third-order valence-electron chi connectivity index (χ3n) is 13.7. The molecule has 20 heteroatoms. The van der Waals surface area contributed by atoms with Crippen molar-refractivity contribution in [3.05, 3.63) is 42.3 Å². The second-order valence-electron chi connectivity index (χ2n) is 20.8. The van der Waals surface area contributed by atoms with E-state index < -0.39 is 18.3 Å². The van der Waals surface area contributed by atoms with E-state index in [9.17, 15) is 35.1 Å². The molecule has 12 nitrogen and oxygen atoms in total. The molecular weight excluding hydrogens is 897 g/mol. The van der Waals surface area contributed by atoms with E-state index in [0.29, 0.717) is 18.6 Å². The van der Waals surface area contributed by atoms with Crippen LogP contribution in [0.25, 0.3) is 0 Å². The van der Waals surface area contributed by atoms with Crippen molar-refractivity contribution in [2.45, 2.75) is 83.9 Å². The van der Waals surface area contributed by atoms with Gasteiger partial charge in [-0.3, -0.25) is 29.4 Å². The van der Waals surface area contributed by atoms with Gasteiger partial charge >= 0.3 is 0 Å². The minimum absolute atomic E-state index is 0.0650. The van der Waals surface area contributed by atoms with Gasteiger partial charge in [0, 0.05) is 90.9 Å². The van der Waals surface area contributed by atoms with Gasteiger partial charge in [0.15, 0.2) is 0 Å². The van der Waals surface area contributed by atoms with E-state index in [0.717, 1.165) is 138 Å². The molecule has 0 aromatic rings. The molecule has 0 aromatic carbocycles. The first-order valence-electron chi connectivity index (χ1n) is 25.2. The molecule has 3 atom stereocenters. The van der Waals surface area contributed by atoms with Gasteiger partial charge in [0.25, 0.3) is 18.3 Å². The fourth-order valence-electron chi connectivity index (χ4n) is 8.50. The lowest BCUT2D eigenvalue weighted by Crippen LogP contribution is -3.11. The number of rotatable bonds is 11. The van der Waals surface area contributed by atoms with Crippen LogP contribution in [0.3, 0.4) is 0 Å². The van der Waals surface area contributed by atoms with E-state index in [1.165, 1.54) is 49.4 Å². The highest BCUT2D eigenvalue weighted by molar-refractivity contribution is 4.81. The Labute approximate surface area is 409 Å². The van der Waals surface area contributed by atoms with Gasteiger partial charge in [0.05, 0.1) is 110 Å². The van der Waals surface area contributed by atoms with Gasteiger partial charge in [-0.05, 0) is 34.7 Å². The third-order valence-corrected chi connectivity index (χ3v) is 13.7. The number of halogens is 8. The zero-order valence-electron chi connectivity index (χ0n) is 43.7. The molecule has 6 rings (SSSR count). The van der Waals surface area contributed by atoms with Crippen LogP contribution in [0.5, 0.6) is 0 Å². The maximum Gasteiger partial charge on any atom is 0.260 e. The Morgan fingerprint density at radius 3 is 1.19 bits per heavy atom. The van der Waals surface area contributed by atoms with Crippen molar-refractivity contribution in [3.63, 3.8) is 0 Å². The Balaban J connectivity index is 0.000000409. The Kier molecular flexibility index (Phi) is 32.1. The van der Waals surface area contributed by atoms with E-state index in [2.05, 4.69) is 77.9 Å². The number of alkyl halides is 8. The molecular formula is C48H100F8N12. The van der Waals surface area contributed by atoms with E-state index in [-0.39, 0.29) is 44.9 Å². The molecule has 0 aliphatic carbocycles. The predicted molar refractivity (Wildman–Crippen MR) is 258 cm³/mol. The monoisotopic (exact) mass is 997 g/mol. The average molecular weight is 997 g/mol. The Hall–Kier alpha value is -1.04. The summed E-state index contributed by atoms with van der Waals surface area (Å²) in [6.07, 6.45) is -2.26. The highest BCUT2D eigenvalue weighted by Crippen LogP contribution is 2.19. The molecule has 0 bridgehead atoms. The van der Waals surface area contributed by atoms with Crippen molar-refractivity contribution in [1.29, 1.82) is 0 Å². The number of piperazine rings is 6. The zero-order chi connectivity index (χ0) is 51.7. The maximum absolute atomic E-state index is 13.0. The van der Waals surface area contributed by atoms with Crippen LogP contribution >= 0.6 is 0 Å². The number of hydrogen-bond acceptors (Lipinski definition) is 6. The molecule has 6 aliphatic rings. The molecule has 6 N–H and O–H groups in total. The van der Waals surface area contributed by atoms with Gasteiger partial charge in [-0.1, -0.05) is 6.92 Å². The summed E-state index contributed by atoms with van der Waals surface area (Å²) >= 11 is 0. The number of nitrogens with one attached hydrogen (secondary N) is 6. The smallest absolute Gasteiger partial charge is 0.260 e. The van der Waals surface area contributed by atoms with Crippen LogP contribution in [0.4, 0.5) is 35.1 Å². The maximum atomic E-state index is 13.0. The lowest BCUT2D eigenvalue weighted by Gasteiger charge is -2.42. The van der Waals surface area contributed by atoms with Gasteiger partial charge in [-0.25, -0.2) is 35.1 Å². The molecule has 6 fully saturated rings. The number of nitrogens with zero attached hydrogens (tertiary/aromatic N) is 6. The van der Waals surface area contributed by atoms with Gasteiger partial charge < -0.3 is 29.4 Å². The second-order valence-corrected chi connectivity index (χ2v) is 20.8. The summed E-state index contributed by atoms with van der Waals surface area (Å²) in [7, 11) is 25.5. The van der Waals surface area contributed by atoms with Crippen molar-refractivity contribution in [2.75, 3.05) is 191 Å². The molecule has 0 radical (unpaired) electrons. The molecule has 1 unspecified atom stereocenters. The minimum Gasteiger partial charge on any atom is -0.466 e. The van der Waals surface area contributed by atoms with Crippen LogP contribution in [0, 0.1) is 42.3 Å². The first kappa shape index (κ1) is 65.0. The minimum atomic E-state index is -2.56. The van der Waals surface area contributed by atoms with E-state index in [1.807, 2.05) is 18.7 Å². The Morgan fingerprint density at radius 2 is 0.868 bits per heavy atom. The summed E-state index contributed by atoms with van der Waals surface area (Å²) < 4.78 is 99.1. The van der Waals surface area contributed by atoms with Crippen molar-refractivity contribution in [2.24, 2.45) is 0 Å². The summed E-state index contributed by atoms with van der Waals surface area (Å²) in [4.78, 5) is 19.8. The number of hydrogen-bond donors (Lipinski definition) is 6. The molecule has 6 saturated heterocycles. The van der Waals surface area contributed by atoms with Crippen molar-refractivity contribution in [3.8, 4) is 0 Å². The lowest BCUT2D eigenvalue weighted by molar-refractivity contribution is -0.865. The summed E-state index contributed by atoms with van der Waals surface area (Å²) in [5.41, 5.74) is -0.277. The summed E-state index contributed by atoms with van der Waals surface area (Å²) in [5, 5.41) is 0. The predicted octanol–water partition coefficient (Wildman–Crippen LogP) is -3.04. The standard InChI is InChI=1S/C9H18F2N2.C9H19FN2.C8H16F2N2.C8H18N2.C7H14F2N2.C7H15FN2/c1-3-9(10,11)8-13-6-4-12(2)5-7-13;1-9(2,8-10)12-6-4-11(3)5-7-12;1-8(9,10)7-12-5-3-11(2)4-6-12;1-7-5-9(3)6-8(2)10(7)4;1-10-2-4-11(5-3-10)6-7(8)9;1-9-4-6-10(3-2-8)7-5-9/h12H,2-8H2,1H3;11H,3-8H2,1-2H3;11H,2-7H2,1H3;7-9H,3,5-6H2,1-2,4H3;7,10H,1-6H2;9H,1-7H2/t;;;7-,8+;;. The largest absolute Gasteiger partial charge is 0.466 e. The average Bonchev–Trinajstić information content (AvgIpc) is 3.27. The van der Waals surface area contributed by atoms with E-state index in [4.69, 9.17) is 0 Å². The lowest BCUT2D eigenvalue weighted by atomic mass is 10.0. The summed E-state index contributed by atoms with van der Waals surface area (Å²) in [5.74, 6) is -5.07. The number of likely N-dealkylation sites (N-methyl/N-ethyl adjacent to an activating group) is 1. The van der Waals surface area contributed by atoms with Gasteiger partial charge in [-0.15, -0.1) is 0 Å². The van der Waals surface area contributed by atoms with Crippen LogP contribution in [-0.4, -0.2) is 256 Å². The summed E-state index contributed by atoms with van der Waals surface area (Å²) in [6.45, 7) is 31.0. The molecule has 0 amide bonds. The molecule has 408 valence electrons. The highest BCUT2D eigenvalue weighted by atomic mass is 19.3. The van der Waals surface area contributed by atoms with Crippen LogP contribution in [0.2, 0.25) is 0 Å². The van der Waals surface area contributed by atoms with Crippen LogP contribution < -0.4 is 29.4 Å². The Bertz CT molecular complexity index is 1210. The van der Waals surface area contributed by atoms with E-state index in [1.54, 1.807) is 9.80 Å². The highest BCUT2D eigenvalue weighted by Gasteiger charge is 2.32. The zero-order valence-corrected chi connectivity index (χ0v) is 43.7. The van der Waals surface area contributed by atoms with Crippen LogP contribution in [0.15, 0.2) is 0 Å². The van der Waals surface area contributed by atoms with Crippen LogP contribution in [-0.2, 0) is 0 Å². The molecule has 0 aromatic heterocycles. The molecule has 0 spiro atoms. The van der Waals surface area contributed by atoms with E-state index >= 15 is 0 Å². The van der Waals surface area contributed by atoms with Crippen LogP contribution in [0.1, 0.15) is 48.0 Å². The quantitative estimate of drug-likeness (QED) is 0.0981. The third kappa shape index (κ3) is 30.1. The Morgan fingerprint density at radius 1 is 0.529 bits per heavy atom. The normalized spacial score (nSPS) is 25.9.